The minimum absolute atomic E-state index is 0. The molecule has 2 amide bonds. The lowest BCUT2D eigenvalue weighted by Gasteiger charge is -2.42. The summed E-state index contributed by atoms with van der Waals surface area (Å²) in [5.74, 6) is 0.953. The van der Waals surface area contributed by atoms with Crippen LogP contribution < -0.4 is 10.6 Å². The number of hydrogen-bond donors (Lipinski definition) is 2. The van der Waals surface area contributed by atoms with Crippen molar-refractivity contribution < 1.29 is 14.3 Å². The Labute approximate surface area is 187 Å². The van der Waals surface area contributed by atoms with Crippen LogP contribution in [0.1, 0.15) is 45.4 Å². The van der Waals surface area contributed by atoms with E-state index < -0.39 is 5.60 Å². The lowest BCUT2D eigenvalue weighted by molar-refractivity contribution is -0.160. The van der Waals surface area contributed by atoms with Gasteiger partial charge in [-0.3, -0.25) is 14.5 Å². The highest BCUT2D eigenvalue weighted by Gasteiger charge is 2.43. The second-order valence-electron chi connectivity index (χ2n) is 8.55. The van der Waals surface area contributed by atoms with E-state index in [1.54, 1.807) is 7.11 Å². The van der Waals surface area contributed by atoms with Gasteiger partial charge < -0.3 is 20.3 Å². The fraction of sp³-hybridized carbons (Fsp3) is 0.900. The van der Waals surface area contributed by atoms with E-state index in [-0.39, 0.29) is 36.6 Å². The maximum absolute atomic E-state index is 13.0. The number of piperidine rings is 1. The molecule has 9 heteroatoms. The number of nitrogens with one attached hydrogen (secondary N) is 2. The first-order chi connectivity index (χ1) is 13.0. The molecule has 2 aliphatic heterocycles. The van der Waals surface area contributed by atoms with Gasteiger partial charge in [-0.05, 0) is 44.7 Å². The van der Waals surface area contributed by atoms with Gasteiger partial charge >= 0.3 is 0 Å². The lowest BCUT2D eigenvalue weighted by atomic mass is 9.87. The van der Waals surface area contributed by atoms with E-state index in [0.717, 1.165) is 51.9 Å². The minimum atomic E-state index is -0.664. The molecule has 3 aliphatic rings. The van der Waals surface area contributed by atoms with Crippen molar-refractivity contribution in [3.63, 3.8) is 0 Å². The molecular formula is C20H38Cl2N4O3. The molecule has 2 atom stereocenters. The van der Waals surface area contributed by atoms with Crippen molar-refractivity contribution in [3.05, 3.63) is 0 Å². The zero-order chi connectivity index (χ0) is 19.3. The van der Waals surface area contributed by atoms with Crippen LogP contribution >= 0.6 is 24.8 Å². The highest BCUT2D eigenvalue weighted by Crippen LogP contribution is 2.26. The van der Waals surface area contributed by atoms with E-state index in [0.29, 0.717) is 31.6 Å². The van der Waals surface area contributed by atoms with E-state index in [2.05, 4.69) is 22.5 Å². The zero-order valence-corrected chi connectivity index (χ0v) is 19.4. The van der Waals surface area contributed by atoms with Crippen LogP contribution in [0, 0.1) is 5.92 Å². The third kappa shape index (κ3) is 6.96. The Morgan fingerprint density at radius 2 is 1.76 bits per heavy atom. The van der Waals surface area contributed by atoms with Crippen molar-refractivity contribution >= 4 is 36.6 Å². The van der Waals surface area contributed by atoms with Crippen LogP contribution in [0.25, 0.3) is 0 Å². The molecule has 7 nitrogen and oxygen atoms in total. The molecule has 2 N–H and O–H groups in total. The number of hydrogen-bond acceptors (Lipinski definition) is 5. The van der Waals surface area contributed by atoms with E-state index in [4.69, 9.17) is 4.74 Å². The molecule has 1 saturated carbocycles. The number of amides is 2. The molecule has 2 unspecified atom stereocenters. The van der Waals surface area contributed by atoms with Gasteiger partial charge in [0.25, 0.3) is 5.91 Å². The number of carbonyl (C=O) groups is 2. The summed E-state index contributed by atoms with van der Waals surface area (Å²) >= 11 is 0. The molecule has 170 valence electrons. The molecule has 2 saturated heterocycles. The number of carbonyl (C=O) groups excluding carboxylic acids is 2. The van der Waals surface area contributed by atoms with E-state index in [9.17, 15) is 9.59 Å². The van der Waals surface area contributed by atoms with Crippen molar-refractivity contribution in [2.75, 3.05) is 52.9 Å². The average molecular weight is 453 g/mol. The zero-order valence-electron chi connectivity index (χ0n) is 17.8. The van der Waals surface area contributed by atoms with Gasteiger partial charge in [0.2, 0.25) is 5.91 Å². The topological polar surface area (TPSA) is 73.9 Å². The van der Waals surface area contributed by atoms with Crippen LogP contribution in [-0.2, 0) is 14.3 Å². The van der Waals surface area contributed by atoms with Gasteiger partial charge in [0.05, 0.1) is 6.54 Å². The predicted octanol–water partition coefficient (Wildman–Crippen LogP) is 1.44. The fourth-order valence-electron chi connectivity index (χ4n) is 4.77. The summed E-state index contributed by atoms with van der Waals surface area (Å²) in [5.41, 5.74) is -0.664. The third-order valence-electron chi connectivity index (χ3n) is 6.52. The Kier molecular flexibility index (Phi) is 11.2. The van der Waals surface area contributed by atoms with Crippen molar-refractivity contribution in [2.45, 2.75) is 57.1 Å². The summed E-state index contributed by atoms with van der Waals surface area (Å²) in [6, 6.07) is 0.339. The van der Waals surface area contributed by atoms with Gasteiger partial charge in [0, 0.05) is 39.3 Å². The lowest BCUT2D eigenvalue weighted by Crippen LogP contribution is -2.59. The maximum atomic E-state index is 13.0. The number of piperazine rings is 1. The molecule has 0 aromatic heterocycles. The second-order valence-corrected chi connectivity index (χ2v) is 8.55. The maximum Gasteiger partial charge on any atom is 0.254 e. The van der Waals surface area contributed by atoms with E-state index in [1.165, 1.54) is 12.8 Å². The Morgan fingerprint density at radius 1 is 1.10 bits per heavy atom. The van der Waals surface area contributed by atoms with Crippen LogP contribution in [0.5, 0.6) is 0 Å². The number of rotatable bonds is 5. The van der Waals surface area contributed by atoms with Crippen molar-refractivity contribution in [1.29, 1.82) is 0 Å². The molecule has 0 aromatic rings. The Balaban J connectivity index is 0.00000210. The standard InChI is InChI=1S/C20H36N4O3.2ClH/c1-16-4-3-5-17(14-16)22-18(25)15-23-10-12-24(13-11-23)19(26)20(27-2)6-8-21-9-7-20;;/h16-17,21H,3-15H2,1-2H3,(H,22,25);2*1H. The predicted molar refractivity (Wildman–Crippen MR) is 119 cm³/mol. The van der Waals surface area contributed by atoms with Crippen LogP contribution in [0.15, 0.2) is 0 Å². The highest BCUT2D eigenvalue weighted by atomic mass is 35.5. The summed E-state index contributed by atoms with van der Waals surface area (Å²) in [6.45, 7) is 7.18. The van der Waals surface area contributed by atoms with Crippen LogP contribution in [0.2, 0.25) is 0 Å². The fourth-order valence-corrected chi connectivity index (χ4v) is 4.77. The first-order valence-corrected chi connectivity index (χ1v) is 10.6. The van der Waals surface area contributed by atoms with Gasteiger partial charge in [-0.15, -0.1) is 24.8 Å². The number of ether oxygens (including phenoxy) is 1. The summed E-state index contributed by atoms with van der Waals surface area (Å²) < 4.78 is 5.67. The van der Waals surface area contributed by atoms with E-state index in [1.807, 2.05) is 4.90 Å². The number of nitrogens with zero attached hydrogens (tertiary/aromatic N) is 2. The van der Waals surface area contributed by atoms with Gasteiger partial charge in [-0.2, -0.15) is 0 Å². The molecule has 2 heterocycles. The van der Waals surface area contributed by atoms with Crippen molar-refractivity contribution in [3.8, 4) is 0 Å². The smallest absolute Gasteiger partial charge is 0.254 e. The Bertz CT molecular complexity index is 524. The summed E-state index contributed by atoms with van der Waals surface area (Å²) in [4.78, 5) is 29.5. The number of halogens is 2. The molecule has 0 aromatic carbocycles. The molecule has 0 radical (unpaired) electrons. The SMILES string of the molecule is COC1(C(=O)N2CCN(CC(=O)NC3CCCC(C)C3)CC2)CCNCC1.Cl.Cl. The minimum Gasteiger partial charge on any atom is -0.368 e. The first-order valence-electron chi connectivity index (χ1n) is 10.6. The van der Waals surface area contributed by atoms with Gasteiger partial charge in [0.1, 0.15) is 5.60 Å². The molecule has 1 aliphatic carbocycles. The van der Waals surface area contributed by atoms with E-state index >= 15 is 0 Å². The van der Waals surface area contributed by atoms with Gasteiger partial charge in [-0.25, -0.2) is 0 Å². The first kappa shape index (κ1) is 26.4. The van der Waals surface area contributed by atoms with Crippen molar-refractivity contribution in [2.24, 2.45) is 5.92 Å². The molecule has 3 fully saturated rings. The quantitative estimate of drug-likeness (QED) is 0.659. The average Bonchev–Trinajstić information content (AvgIpc) is 2.68. The molecule has 3 rings (SSSR count). The summed E-state index contributed by atoms with van der Waals surface area (Å²) in [7, 11) is 1.65. The van der Waals surface area contributed by atoms with Gasteiger partial charge in [-0.1, -0.05) is 19.8 Å². The number of methoxy groups -OCH3 is 1. The summed E-state index contributed by atoms with van der Waals surface area (Å²) in [6.07, 6.45) is 6.15. The highest BCUT2D eigenvalue weighted by molar-refractivity contribution is 5.86. The van der Waals surface area contributed by atoms with Crippen molar-refractivity contribution in [1.82, 2.24) is 20.4 Å². The monoisotopic (exact) mass is 452 g/mol. The largest absolute Gasteiger partial charge is 0.368 e. The normalized spacial score (nSPS) is 27.3. The Hall–Kier alpha value is -0.600. The Morgan fingerprint density at radius 3 is 2.34 bits per heavy atom. The molecule has 29 heavy (non-hydrogen) atoms. The molecule has 0 spiro atoms. The second kappa shape index (κ2) is 12.3. The molecular weight excluding hydrogens is 415 g/mol. The van der Waals surface area contributed by atoms with Crippen LogP contribution in [0.4, 0.5) is 0 Å². The van der Waals surface area contributed by atoms with Crippen LogP contribution in [-0.4, -0.2) is 86.2 Å². The summed E-state index contributed by atoms with van der Waals surface area (Å²) in [5, 5.41) is 6.50. The third-order valence-corrected chi connectivity index (χ3v) is 6.52. The van der Waals surface area contributed by atoms with Crippen LogP contribution in [0.3, 0.4) is 0 Å². The van der Waals surface area contributed by atoms with Gasteiger partial charge in [0.15, 0.2) is 0 Å². The molecule has 0 bridgehead atoms.